The minimum Gasteiger partial charge on any atom is -0.497 e. The number of hydrogen-bond acceptors (Lipinski definition) is 5. The third-order valence-electron chi connectivity index (χ3n) is 5.22. The fraction of sp³-hybridized carbons (Fsp3) is 0.524. The van der Waals surface area contributed by atoms with Gasteiger partial charge in [0.15, 0.2) is 0 Å². The third kappa shape index (κ3) is 4.47. The Bertz CT molecular complexity index is 795. The lowest BCUT2D eigenvalue weighted by Crippen LogP contribution is -2.49. The van der Waals surface area contributed by atoms with Gasteiger partial charge in [0.05, 0.1) is 19.8 Å². The Kier molecular flexibility index (Phi) is 6.57. The van der Waals surface area contributed by atoms with E-state index in [0.29, 0.717) is 23.0 Å². The van der Waals surface area contributed by atoms with Crippen LogP contribution in [0.2, 0.25) is 0 Å². The molecule has 0 bridgehead atoms. The van der Waals surface area contributed by atoms with E-state index in [2.05, 4.69) is 28.3 Å². The van der Waals surface area contributed by atoms with Crippen LogP contribution in [-0.2, 0) is 6.54 Å². The Morgan fingerprint density at radius 3 is 2.50 bits per heavy atom. The molecule has 1 aliphatic heterocycles. The molecule has 1 amide bonds. The van der Waals surface area contributed by atoms with Crippen molar-refractivity contribution in [1.82, 2.24) is 19.4 Å². The predicted molar refractivity (Wildman–Crippen MR) is 108 cm³/mol. The van der Waals surface area contributed by atoms with E-state index in [1.807, 2.05) is 17.3 Å². The number of rotatable bonds is 7. The summed E-state index contributed by atoms with van der Waals surface area (Å²) in [5.74, 6) is 2.78. The topological polar surface area (TPSA) is 59.8 Å². The first kappa shape index (κ1) is 20.2. The van der Waals surface area contributed by atoms with Crippen molar-refractivity contribution in [3.63, 3.8) is 0 Å². The maximum Gasteiger partial charge on any atom is 0.257 e. The SMILES string of the molecule is COc1ccc(C(=O)N2CCN(CCn3ccnc3C(C)C)CC2)c(OC)c1. The average Bonchev–Trinajstić information content (AvgIpc) is 3.20. The number of carbonyl (C=O) groups excluding carboxylic acids is 1. The number of methoxy groups -OCH3 is 2. The zero-order valence-corrected chi connectivity index (χ0v) is 17.2. The third-order valence-corrected chi connectivity index (χ3v) is 5.22. The molecule has 1 fully saturated rings. The van der Waals surface area contributed by atoms with Crippen LogP contribution < -0.4 is 9.47 Å². The van der Waals surface area contributed by atoms with Crippen molar-refractivity contribution >= 4 is 5.91 Å². The monoisotopic (exact) mass is 386 g/mol. The van der Waals surface area contributed by atoms with Crippen LogP contribution in [0, 0.1) is 0 Å². The highest BCUT2D eigenvalue weighted by atomic mass is 16.5. The Morgan fingerprint density at radius 2 is 1.86 bits per heavy atom. The summed E-state index contributed by atoms with van der Waals surface area (Å²) in [5.41, 5.74) is 0.580. The van der Waals surface area contributed by atoms with Gasteiger partial charge in [-0.1, -0.05) is 13.8 Å². The van der Waals surface area contributed by atoms with Gasteiger partial charge in [0.1, 0.15) is 17.3 Å². The second-order valence-corrected chi connectivity index (χ2v) is 7.33. The van der Waals surface area contributed by atoms with Crippen LogP contribution in [0.15, 0.2) is 30.6 Å². The summed E-state index contributed by atoms with van der Waals surface area (Å²) in [7, 11) is 3.18. The first-order valence-corrected chi connectivity index (χ1v) is 9.78. The first-order chi connectivity index (χ1) is 13.5. The molecule has 28 heavy (non-hydrogen) atoms. The van der Waals surface area contributed by atoms with Crippen molar-refractivity contribution in [3.05, 3.63) is 42.0 Å². The van der Waals surface area contributed by atoms with Gasteiger partial charge < -0.3 is 18.9 Å². The lowest BCUT2D eigenvalue weighted by molar-refractivity contribution is 0.0629. The number of aromatic nitrogens is 2. The van der Waals surface area contributed by atoms with Crippen LogP contribution in [0.1, 0.15) is 35.9 Å². The average molecular weight is 386 g/mol. The van der Waals surface area contributed by atoms with Crippen molar-refractivity contribution in [2.24, 2.45) is 0 Å². The van der Waals surface area contributed by atoms with Gasteiger partial charge in [-0.05, 0) is 12.1 Å². The van der Waals surface area contributed by atoms with Crippen molar-refractivity contribution in [2.45, 2.75) is 26.3 Å². The number of benzene rings is 1. The van der Waals surface area contributed by atoms with Crippen LogP contribution in [0.25, 0.3) is 0 Å². The summed E-state index contributed by atoms with van der Waals surface area (Å²) in [6.45, 7) is 9.39. The summed E-state index contributed by atoms with van der Waals surface area (Å²) in [6.07, 6.45) is 3.92. The van der Waals surface area contributed by atoms with Crippen molar-refractivity contribution in [2.75, 3.05) is 46.9 Å². The summed E-state index contributed by atoms with van der Waals surface area (Å²) in [6, 6.07) is 5.32. The molecule has 0 atom stereocenters. The molecule has 0 radical (unpaired) electrons. The second-order valence-electron chi connectivity index (χ2n) is 7.33. The zero-order valence-electron chi connectivity index (χ0n) is 17.2. The van der Waals surface area contributed by atoms with Crippen LogP contribution in [-0.4, -0.2) is 72.2 Å². The molecule has 3 rings (SSSR count). The van der Waals surface area contributed by atoms with Crippen LogP contribution in [0.5, 0.6) is 11.5 Å². The number of amides is 1. The van der Waals surface area contributed by atoms with Crippen LogP contribution >= 0.6 is 0 Å². The van der Waals surface area contributed by atoms with Gasteiger partial charge in [-0.3, -0.25) is 9.69 Å². The molecule has 7 nitrogen and oxygen atoms in total. The predicted octanol–water partition coefficient (Wildman–Crippen LogP) is 2.48. The highest BCUT2D eigenvalue weighted by Gasteiger charge is 2.24. The summed E-state index contributed by atoms with van der Waals surface area (Å²) >= 11 is 0. The molecule has 7 heteroatoms. The number of carbonyl (C=O) groups is 1. The summed E-state index contributed by atoms with van der Waals surface area (Å²) in [4.78, 5) is 21.7. The molecule has 0 N–H and O–H groups in total. The van der Waals surface area contributed by atoms with E-state index in [4.69, 9.17) is 9.47 Å². The molecule has 1 aromatic heterocycles. The van der Waals surface area contributed by atoms with Crippen molar-refractivity contribution in [3.8, 4) is 11.5 Å². The molecule has 1 aromatic carbocycles. The van der Waals surface area contributed by atoms with Crippen LogP contribution in [0.4, 0.5) is 0 Å². The molecule has 0 unspecified atom stereocenters. The number of piperazine rings is 1. The number of hydrogen-bond donors (Lipinski definition) is 0. The van der Waals surface area contributed by atoms with Crippen molar-refractivity contribution in [1.29, 1.82) is 0 Å². The van der Waals surface area contributed by atoms with Gasteiger partial charge in [-0.2, -0.15) is 0 Å². The lowest BCUT2D eigenvalue weighted by atomic mass is 10.1. The first-order valence-electron chi connectivity index (χ1n) is 9.78. The standard InChI is InChI=1S/C21H30N4O3/c1-16(2)20-22-7-8-24(20)12-9-23-10-13-25(14-11-23)21(26)18-6-5-17(27-3)15-19(18)28-4/h5-8,15-16H,9-14H2,1-4H3. The fourth-order valence-corrected chi connectivity index (χ4v) is 3.58. The molecular weight excluding hydrogens is 356 g/mol. The number of nitrogens with zero attached hydrogens (tertiary/aromatic N) is 4. The van der Waals surface area contributed by atoms with E-state index >= 15 is 0 Å². The summed E-state index contributed by atoms with van der Waals surface area (Å²) < 4.78 is 12.8. The van der Waals surface area contributed by atoms with Crippen LogP contribution in [0.3, 0.4) is 0 Å². The van der Waals surface area contributed by atoms with Gasteiger partial charge in [0, 0.05) is 63.6 Å². The molecule has 0 spiro atoms. The van der Waals surface area contributed by atoms with E-state index in [1.54, 1.807) is 32.4 Å². The molecule has 2 aromatic rings. The molecular formula is C21H30N4O3. The van der Waals surface area contributed by atoms with E-state index in [-0.39, 0.29) is 5.91 Å². The van der Waals surface area contributed by atoms with E-state index in [9.17, 15) is 4.79 Å². The molecule has 0 saturated carbocycles. The minimum atomic E-state index is 0.0101. The van der Waals surface area contributed by atoms with Gasteiger partial charge in [0.25, 0.3) is 5.91 Å². The normalized spacial score (nSPS) is 15.1. The Hall–Kier alpha value is -2.54. The van der Waals surface area contributed by atoms with Gasteiger partial charge in [-0.25, -0.2) is 4.98 Å². The zero-order chi connectivity index (χ0) is 20.1. The molecule has 1 aliphatic rings. The van der Waals surface area contributed by atoms with E-state index in [1.165, 1.54) is 0 Å². The Labute approximate surface area is 166 Å². The molecule has 1 saturated heterocycles. The van der Waals surface area contributed by atoms with Crippen molar-refractivity contribution < 1.29 is 14.3 Å². The van der Waals surface area contributed by atoms with Gasteiger partial charge in [-0.15, -0.1) is 0 Å². The molecule has 2 heterocycles. The fourth-order valence-electron chi connectivity index (χ4n) is 3.58. The second kappa shape index (κ2) is 9.10. The van der Waals surface area contributed by atoms with Gasteiger partial charge in [0.2, 0.25) is 0 Å². The number of imidazole rings is 1. The highest BCUT2D eigenvalue weighted by Crippen LogP contribution is 2.26. The van der Waals surface area contributed by atoms with E-state index < -0.39 is 0 Å². The maximum absolute atomic E-state index is 12.9. The minimum absolute atomic E-state index is 0.0101. The van der Waals surface area contributed by atoms with Gasteiger partial charge >= 0.3 is 0 Å². The molecule has 0 aliphatic carbocycles. The largest absolute Gasteiger partial charge is 0.497 e. The molecule has 152 valence electrons. The lowest BCUT2D eigenvalue weighted by Gasteiger charge is -2.35. The van der Waals surface area contributed by atoms with E-state index in [0.717, 1.165) is 45.1 Å². The quantitative estimate of drug-likeness (QED) is 0.732. The highest BCUT2D eigenvalue weighted by molar-refractivity contribution is 5.97. The Balaban J connectivity index is 1.55. The Morgan fingerprint density at radius 1 is 1.11 bits per heavy atom. The number of ether oxygens (including phenoxy) is 2. The maximum atomic E-state index is 12.9. The summed E-state index contributed by atoms with van der Waals surface area (Å²) in [5, 5.41) is 0. The smallest absolute Gasteiger partial charge is 0.257 e.